The summed E-state index contributed by atoms with van der Waals surface area (Å²) in [5.41, 5.74) is 0.525. The Morgan fingerprint density at radius 3 is 1.61 bits per heavy atom. The normalized spacial score (nSPS) is 12.9. The van der Waals surface area contributed by atoms with Gasteiger partial charge < -0.3 is 18.9 Å². The third kappa shape index (κ3) is 9.23. The SMILES string of the molecule is CCCOc1c(C(C)(C)CC)cc(C(C)(C)CC)c(OC(=O)C(C)(C)C)c1C=C(OC)C(=O)c1ccc(OC(=O)C(C)(C)C)cc1. The Morgan fingerprint density at radius 1 is 0.696 bits per heavy atom. The van der Waals surface area contributed by atoms with Gasteiger partial charge in [-0.25, -0.2) is 0 Å². The van der Waals surface area contributed by atoms with Gasteiger partial charge in [0.1, 0.15) is 17.2 Å². The van der Waals surface area contributed by atoms with Gasteiger partial charge in [-0.2, -0.15) is 0 Å². The number of esters is 2. The Labute approximate surface area is 277 Å². The first-order valence-corrected chi connectivity index (χ1v) is 16.3. The molecule has 0 aliphatic carbocycles. The molecule has 254 valence electrons. The van der Waals surface area contributed by atoms with Crippen LogP contribution in [-0.2, 0) is 25.2 Å². The van der Waals surface area contributed by atoms with Crippen LogP contribution in [0, 0.1) is 10.8 Å². The molecule has 46 heavy (non-hydrogen) atoms. The van der Waals surface area contributed by atoms with Crippen molar-refractivity contribution in [2.75, 3.05) is 13.7 Å². The lowest BCUT2D eigenvalue weighted by Crippen LogP contribution is -2.29. The molecule has 0 saturated carbocycles. The van der Waals surface area contributed by atoms with Gasteiger partial charge in [-0.15, -0.1) is 0 Å². The monoisotopic (exact) mass is 636 g/mol. The molecule has 0 atom stereocenters. The topological polar surface area (TPSA) is 88.1 Å². The highest BCUT2D eigenvalue weighted by Gasteiger charge is 2.36. The van der Waals surface area contributed by atoms with E-state index in [9.17, 15) is 14.4 Å². The Bertz CT molecular complexity index is 1430. The summed E-state index contributed by atoms with van der Waals surface area (Å²) in [6.45, 7) is 26.0. The van der Waals surface area contributed by atoms with Gasteiger partial charge in [-0.3, -0.25) is 14.4 Å². The van der Waals surface area contributed by atoms with Crippen LogP contribution in [0.4, 0.5) is 0 Å². The summed E-state index contributed by atoms with van der Waals surface area (Å²) in [6.07, 6.45) is 4.00. The third-order valence-corrected chi connectivity index (χ3v) is 8.41. The van der Waals surface area contributed by atoms with Crippen molar-refractivity contribution in [3.05, 3.63) is 58.3 Å². The van der Waals surface area contributed by atoms with E-state index in [2.05, 4.69) is 47.6 Å². The number of rotatable bonds is 13. The van der Waals surface area contributed by atoms with Crippen molar-refractivity contribution in [1.82, 2.24) is 0 Å². The second-order valence-corrected chi connectivity index (χ2v) is 15.2. The predicted octanol–water partition coefficient (Wildman–Crippen LogP) is 9.62. The number of carbonyl (C=O) groups is 3. The fraction of sp³-hybridized carbons (Fsp3) is 0.564. The fourth-order valence-electron chi connectivity index (χ4n) is 4.33. The quantitative estimate of drug-likeness (QED) is 0.0711. The van der Waals surface area contributed by atoms with Gasteiger partial charge in [0.25, 0.3) is 0 Å². The first-order chi connectivity index (χ1) is 21.1. The number of hydrogen-bond acceptors (Lipinski definition) is 7. The third-order valence-electron chi connectivity index (χ3n) is 8.41. The van der Waals surface area contributed by atoms with Gasteiger partial charge in [0.2, 0.25) is 5.78 Å². The van der Waals surface area contributed by atoms with E-state index in [-0.39, 0.29) is 28.3 Å². The van der Waals surface area contributed by atoms with Gasteiger partial charge >= 0.3 is 11.9 Å². The minimum absolute atomic E-state index is 0.0422. The van der Waals surface area contributed by atoms with Crippen molar-refractivity contribution in [1.29, 1.82) is 0 Å². The van der Waals surface area contributed by atoms with Crippen molar-refractivity contribution < 1.29 is 33.3 Å². The van der Waals surface area contributed by atoms with E-state index in [1.165, 1.54) is 7.11 Å². The molecule has 0 aliphatic rings. The van der Waals surface area contributed by atoms with Crippen molar-refractivity contribution in [2.24, 2.45) is 10.8 Å². The van der Waals surface area contributed by atoms with E-state index in [0.29, 0.717) is 35.0 Å². The first-order valence-electron chi connectivity index (χ1n) is 16.3. The van der Waals surface area contributed by atoms with E-state index in [1.54, 1.807) is 51.1 Å². The molecule has 7 heteroatoms. The standard InChI is InChI=1S/C39H56O7/c1-15-22-44-32-27(23-30(43-14)31(40)25-18-20-26(21-19-25)45-34(41)36(4,5)6)33(46-35(42)37(7,8)9)29(39(12,13)17-3)24-28(32)38(10,11)16-2/h18-21,23-24H,15-17,22H2,1-14H3. The average molecular weight is 637 g/mol. The number of methoxy groups -OCH3 is 1. The van der Waals surface area contributed by atoms with Crippen LogP contribution in [0.5, 0.6) is 17.2 Å². The fourth-order valence-corrected chi connectivity index (χ4v) is 4.33. The summed E-state index contributed by atoms with van der Waals surface area (Å²) in [6, 6.07) is 8.48. The van der Waals surface area contributed by atoms with E-state index in [1.807, 2.05) is 27.7 Å². The summed E-state index contributed by atoms with van der Waals surface area (Å²) in [5.74, 6) is 0.148. The van der Waals surface area contributed by atoms with Crippen LogP contribution in [0.2, 0.25) is 0 Å². The van der Waals surface area contributed by atoms with E-state index in [4.69, 9.17) is 18.9 Å². The number of benzene rings is 2. The van der Waals surface area contributed by atoms with Gasteiger partial charge in [-0.05, 0) is 108 Å². The summed E-state index contributed by atoms with van der Waals surface area (Å²) in [5, 5.41) is 0. The van der Waals surface area contributed by atoms with E-state index >= 15 is 0 Å². The lowest BCUT2D eigenvalue weighted by molar-refractivity contribution is -0.143. The number of allylic oxidation sites excluding steroid dienone is 1. The van der Waals surface area contributed by atoms with Crippen LogP contribution < -0.4 is 14.2 Å². The van der Waals surface area contributed by atoms with E-state index in [0.717, 1.165) is 30.4 Å². The Hall–Kier alpha value is -3.61. The van der Waals surface area contributed by atoms with Crippen LogP contribution in [0.25, 0.3) is 6.08 Å². The lowest BCUT2D eigenvalue weighted by atomic mass is 9.74. The number of carbonyl (C=O) groups excluding carboxylic acids is 3. The van der Waals surface area contributed by atoms with Crippen molar-refractivity contribution in [2.45, 2.75) is 120 Å². The average Bonchev–Trinajstić information content (AvgIpc) is 2.98. The maximum absolute atomic E-state index is 13.9. The molecular weight excluding hydrogens is 580 g/mol. The molecule has 0 spiro atoms. The number of ketones is 1. The molecule has 0 saturated heterocycles. The summed E-state index contributed by atoms with van der Waals surface area (Å²) in [7, 11) is 1.44. The van der Waals surface area contributed by atoms with Crippen LogP contribution in [0.3, 0.4) is 0 Å². The van der Waals surface area contributed by atoms with Crippen LogP contribution in [-0.4, -0.2) is 31.4 Å². The predicted molar refractivity (Wildman–Crippen MR) is 185 cm³/mol. The van der Waals surface area contributed by atoms with Crippen LogP contribution in [0.15, 0.2) is 36.1 Å². The Morgan fingerprint density at radius 2 is 1.17 bits per heavy atom. The second kappa shape index (κ2) is 14.9. The molecule has 0 bridgehead atoms. The highest BCUT2D eigenvalue weighted by Crippen LogP contribution is 2.48. The maximum Gasteiger partial charge on any atom is 0.316 e. The van der Waals surface area contributed by atoms with Gasteiger partial charge in [-0.1, -0.05) is 48.5 Å². The molecule has 0 aliphatic heterocycles. The van der Waals surface area contributed by atoms with Crippen molar-refractivity contribution >= 4 is 23.8 Å². The second-order valence-electron chi connectivity index (χ2n) is 15.2. The zero-order chi connectivity index (χ0) is 35.3. The summed E-state index contributed by atoms with van der Waals surface area (Å²) < 4.78 is 24.0. The number of ether oxygens (including phenoxy) is 4. The largest absolute Gasteiger partial charge is 0.493 e. The smallest absolute Gasteiger partial charge is 0.316 e. The minimum Gasteiger partial charge on any atom is -0.493 e. The van der Waals surface area contributed by atoms with Crippen LogP contribution in [0.1, 0.15) is 136 Å². The maximum atomic E-state index is 13.9. The first kappa shape index (κ1) is 38.6. The van der Waals surface area contributed by atoms with E-state index < -0.39 is 16.8 Å². The molecule has 2 rings (SSSR count). The van der Waals surface area contributed by atoms with Gasteiger partial charge in [0, 0.05) is 16.7 Å². The summed E-state index contributed by atoms with van der Waals surface area (Å²) >= 11 is 0. The minimum atomic E-state index is -0.779. The lowest BCUT2D eigenvalue weighted by Gasteiger charge is -2.34. The Balaban J connectivity index is 2.95. The molecule has 0 radical (unpaired) electrons. The molecule has 0 heterocycles. The molecule has 0 N–H and O–H groups in total. The number of hydrogen-bond donors (Lipinski definition) is 0. The molecule has 2 aromatic rings. The zero-order valence-electron chi connectivity index (χ0n) is 30.7. The summed E-state index contributed by atoms with van der Waals surface area (Å²) in [4.78, 5) is 39.8. The van der Waals surface area contributed by atoms with Gasteiger partial charge in [0.05, 0.1) is 30.1 Å². The molecule has 0 fully saturated rings. The Kier molecular flexibility index (Phi) is 12.5. The van der Waals surface area contributed by atoms with Crippen LogP contribution >= 0.6 is 0 Å². The highest BCUT2D eigenvalue weighted by molar-refractivity contribution is 6.10. The molecule has 7 nitrogen and oxygen atoms in total. The molecule has 0 unspecified atom stereocenters. The van der Waals surface area contributed by atoms with Gasteiger partial charge in [0.15, 0.2) is 5.76 Å². The highest BCUT2D eigenvalue weighted by atomic mass is 16.5. The number of Topliss-reactive ketones (excluding diaryl/α,β-unsaturated/α-hetero) is 1. The van der Waals surface area contributed by atoms with Crippen molar-refractivity contribution in [3.63, 3.8) is 0 Å². The zero-order valence-corrected chi connectivity index (χ0v) is 30.7. The molecule has 0 aromatic heterocycles. The molecular formula is C39H56O7. The van der Waals surface area contributed by atoms with Crippen molar-refractivity contribution in [3.8, 4) is 17.2 Å². The molecule has 2 aromatic carbocycles. The molecule has 0 amide bonds.